The lowest BCUT2D eigenvalue weighted by atomic mass is 10.1. The third-order valence-electron chi connectivity index (χ3n) is 4.94. The summed E-state index contributed by atoms with van der Waals surface area (Å²) in [7, 11) is 0. The minimum Gasteiger partial charge on any atom is -0.378 e. The van der Waals surface area contributed by atoms with E-state index in [0.717, 1.165) is 16.6 Å². The van der Waals surface area contributed by atoms with Gasteiger partial charge in [0.1, 0.15) is 11.4 Å². The van der Waals surface area contributed by atoms with Gasteiger partial charge in [0, 0.05) is 29.1 Å². The molecule has 29 heavy (non-hydrogen) atoms. The quantitative estimate of drug-likeness (QED) is 0.563. The molecule has 2 aromatic carbocycles. The Bertz CT molecular complexity index is 1180. The molecule has 146 valence electrons. The Morgan fingerprint density at radius 2 is 1.90 bits per heavy atom. The predicted molar refractivity (Wildman–Crippen MR) is 108 cm³/mol. The highest BCUT2D eigenvalue weighted by Gasteiger charge is 2.18. The molecule has 1 saturated heterocycles. The first-order chi connectivity index (χ1) is 14.2. The van der Waals surface area contributed by atoms with Crippen LogP contribution in [-0.4, -0.2) is 62.3 Å². The number of carbonyl (C=O) groups excluding carboxylic acids is 1. The van der Waals surface area contributed by atoms with E-state index in [0.29, 0.717) is 48.3 Å². The normalized spacial score (nSPS) is 14.4. The number of hydrogen-bond donors (Lipinski definition) is 1. The van der Waals surface area contributed by atoms with Gasteiger partial charge in [-0.3, -0.25) is 9.89 Å². The van der Waals surface area contributed by atoms with Gasteiger partial charge in [-0.2, -0.15) is 5.10 Å². The van der Waals surface area contributed by atoms with Gasteiger partial charge < -0.3 is 9.64 Å². The van der Waals surface area contributed by atoms with Crippen LogP contribution >= 0.6 is 11.6 Å². The zero-order chi connectivity index (χ0) is 19.8. The minimum atomic E-state index is 0.0146. The molecule has 0 saturated carbocycles. The standard InChI is InChI=1S/C20H17ClN6O2/c21-14-3-6-16-17(11-14)22-24-19(16)18-12-27(25-23-18)15-4-1-13(2-5-15)20(28)26-7-9-29-10-8-26/h1-6,11-12H,7-10H2,(H,22,24). The number of aromatic amines is 1. The lowest BCUT2D eigenvalue weighted by molar-refractivity contribution is 0.0303. The molecule has 0 atom stereocenters. The summed E-state index contributed by atoms with van der Waals surface area (Å²) in [6.45, 7) is 2.41. The van der Waals surface area contributed by atoms with Crippen LogP contribution in [-0.2, 0) is 4.74 Å². The lowest BCUT2D eigenvalue weighted by Crippen LogP contribution is -2.40. The van der Waals surface area contributed by atoms with Crippen molar-refractivity contribution < 1.29 is 9.53 Å². The number of H-pyrrole nitrogens is 1. The fourth-order valence-electron chi connectivity index (χ4n) is 3.39. The second kappa shape index (κ2) is 7.31. The summed E-state index contributed by atoms with van der Waals surface area (Å²) in [6, 6.07) is 12.9. The van der Waals surface area contributed by atoms with E-state index in [-0.39, 0.29) is 5.91 Å². The summed E-state index contributed by atoms with van der Waals surface area (Å²) < 4.78 is 6.96. The van der Waals surface area contributed by atoms with Gasteiger partial charge in [0.25, 0.3) is 5.91 Å². The van der Waals surface area contributed by atoms with E-state index in [2.05, 4.69) is 20.5 Å². The van der Waals surface area contributed by atoms with Gasteiger partial charge in [-0.1, -0.05) is 16.8 Å². The van der Waals surface area contributed by atoms with Crippen LogP contribution < -0.4 is 0 Å². The van der Waals surface area contributed by atoms with E-state index in [4.69, 9.17) is 16.3 Å². The van der Waals surface area contributed by atoms with Crippen molar-refractivity contribution in [2.45, 2.75) is 0 Å². The van der Waals surface area contributed by atoms with Crippen LogP contribution in [0.1, 0.15) is 10.4 Å². The third-order valence-corrected chi connectivity index (χ3v) is 5.17. The number of morpholine rings is 1. The zero-order valence-electron chi connectivity index (χ0n) is 15.4. The molecule has 0 unspecified atom stereocenters. The van der Waals surface area contributed by atoms with Crippen LogP contribution in [0.25, 0.3) is 28.0 Å². The van der Waals surface area contributed by atoms with E-state index in [1.54, 1.807) is 21.7 Å². The molecule has 1 aliphatic rings. The zero-order valence-corrected chi connectivity index (χ0v) is 16.1. The molecule has 1 N–H and O–H groups in total. The Morgan fingerprint density at radius 1 is 1.10 bits per heavy atom. The lowest BCUT2D eigenvalue weighted by Gasteiger charge is -2.26. The molecular formula is C20H17ClN6O2. The van der Waals surface area contributed by atoms with Crippen LogP contribution in [0.15, 0.2) is 48.7 Å². The monoisotopic (exact) mass is 408 g/mol. The summed E-state index contributed by atoms with van der Waals surface area (Å²) in [5.74, 6) is 0.0146. The molecule has 1 aliphatic heterocycles. The second-order valence-corrected chi connectivity index (χ2v) is 7.20. The molecule has 0 bridgehead atoms. The molecule has 3 heterocycles. The maximum Gasteiger partial charge on any atom is 0.254 e. The molecule has 9 heteroatoms. The summed E-state index contributed by atoms with van der Waals surface area (Å²) >= 11 is 6.03. The second-order valence-electron chi connectivity index (χ2n) is 6.76. The van der Waals surface area contributed by atoms with E-state index in [1.807, 2.05) is 36.5 Å². The largest absolute Gasteiger partial charge is 0.378 e. The molecule has 0 aliphatic carbocycles. The maximum atomic E-state index is 12.6. The fraction of sp³-hybridized carbons (Fsp3) is 0.200. The number of aromatic nitrogens is 5. The number of nitrogens with one attached hydrogen (secondary N) is 1. The van der Waals surface area contributed by atoms with Gasteiger partial charge in [0.05, 0.1) is 30.6 Å². The van der Waals surface area contributed by atoms with Crippen molar-refractivity contribution >= 4 is 28.4 Å². The first-order valence-electron chi connectivity index (χ1n) is 9.23. The van der Waals surface area contributed by atoms with E-state index < -0.39 is 0 Å². The van der Waals surface area contributed by atoms with Crippen molar-refractivity contribution in [2.24, 2.45) is 0 Å². The molecule has 5 rings (SSSR count). The van der Waals surface area contributed by atoms with Crippen LogP contribution in [0.2, 0.25) is 5.02 Å². The van der Waals surface area contributed by atoms with Crippen molar-refractivity contribution in [2.75, 3.05) is 26.3 Å². The number of halogens is 1. The minimum absolute atomic E-state index is 0.0146. The molecule has 4 aromatic rings. The number of fused-ring (bicyclic) bond motifs is 1. The number of benzene rings is 2. The van der Waals surface area contributed by atoms with Crippen molar-refractivity contribution in [1.29, 1.82) is 0 Å². The molecule has 0 radical (unpaired) electrons. The highest BCUT2D eigenvalue weighted by Crippen LogP contribution is 2.27. The smallest absolute Gasteiger partial charge is 0.254 e. The summed E-state index contributed by atoms with van der Waals surface area (Å²) in [5, 5.41) is 17.3. The van der Waals surface area contributed by atoms with Gasteiger partial charge in [-0.25, -0.2) is 4.68 Å². The predicted octanol–water partition coefficient (Wildman–Crippen LogP) is 2.94. The Morgan fingerprint density at radius 3 is 2.69 bits per heavy atom. The highest BCUT2D eigenvalue weighted by atomic mass is 35.5. The van der Waals surface area contributed by atoms with Gasteiger partial charge in [0.2, 0.25) is 0 Å². The number of amides is 1. The topological polar surface area (TPSA) is 88.9 Å². The summed E-state index contributed by atoms with van der Waals surface area (Å²) in [5.41, 5.74) is 3.65. The average molecular weight is 409 g/mol. The Labute approximate surface area is 171 Å². The number of ether oxygens (including phenoxy) is 1. The van der Waals surface area contributed by atoms with Gasteiger partial charge in [0.15, 0.2) is 0 Å². The molecule has 8 nitrogen and oxygen atoms in total. The number of nitrogens with zero attached hydrogens (tertiary/aromatic N) is 5. The van der Waals surface area contributed by atoms with E-state index in [9.17, 15) is 4.79 Å². The third kappa shape index (κ3) is 3.37. The van der Waals surface area contributed by atoms with Gasteiger partial charge in [-0.15, -0.1) is 5.10 Å². The number of rotatable bonds is 3. The van der Waals surface area contributed by atoms with Crippen LogP contribution in [0.4, 0.5) is 0 Å². The van der Waals surface area contributed by atoms with Crippen LogP contribution in [0.5, 0.6) is 0 Å². The molecule has 1 amide bonds. The Hall–Kier alpha value is -3.23. The SMILES string of the molecule is O=C(c1ccc(-n2cc(-c3n[nH]c4cc(Cl)ccc34)nn2)cc1)N1CCOCC1. The van der Waals surface area contributed by atoms with Gasteiger partial charge >= 0.3 is 0 Å². The molecule has 0 spiro atoms. The Balaban J connectivity index is 1.39. The Kier molecular flexibility index (Phi) is 4.49. The maximum absolute atomic E-state index is 12.6. The molecule has 1 fully saturated rings. The first kappa shape index (κ1) is 17.8. The summed E-state index contributed by atoms with van der Waals surface area (Å²) in [6.07, 6.45) is 1.81. The van der Waals surface area contributed by atoms with E-state index in [1.165, 1.54) is 0 Å². The van der Waals surface area contributed by atoms with Crippen LogP contribution in [0, 0.1) is 0 Å². The van der Waals surface area contributed by atoms with Crippen molar-refractivity contribution in [3.8, 4) is 17.1 Å². The van der Waals surface area contributed by atoms with Crippen molar-refractivity contribution in [3.05, 3.63) is 59.2 Å². The fourth-order valence-corrected chi connectivity index (χ4v) is 3.56. The van der Waals surface area contributed by atoms with Crippen molar-refractivity contribution in [3.63, 3.8) is 0 Å². The average Bonchev–Trinajstić information content (AvgIpc) is 3.40. The number of carbonyl (C=O) groups is 1. The molecule has 2 aromatic heterocycles. The van der Waals surface area contributed by atoms with E-state index >= 15 is 0 Å². The highest BCUT2D eigenvalue weighted by molar-refractivity contribution is 6.31. The summed E-state index contributed by atoms with van der Waals surface area (Å²) in [4.78, 5) is 14.4. The van der Waals surface area contributed by atoms with Gasteiger partial charge in [-0.05, 0) is 42.5 Å². The molecular weight excluding hydrogens is 392 g/mol. The number of hydrogen-bond acceptors (Lipinski definition) is 5. The van der Waals surface area contributed by atoms with Crippen LogP contribution in [0.3, 0.4) is 0 Å². The van der Waals surface area contributed by atoms with Crippen molar-refractivity contribution in [1.82, 2.24) is 30.1 Å². The first-order valence-corrected chi connectivity index (χ1v) is 9.61.